The van der Waals surface area contributed by atoms with Crippen LogP contribution in [0.4, 0.5) is 0 Å². The van der Waals surface area contributed by atoms with Crippen molar-refractivity contribution in [3.05, 3.63) is 28.8 Å². The number of hydrogen-bond acceptors (Lipinski definition) is 1. The maximum Gasteiger partial charge on any atom is 0.134 e. The zero-order chi connectivity index (χ0) is 13.2. The van der Waals surface area contributed by atoms with Crippen molar-refractivity contribution in [1.29, 1.82) is 0 Å². The first-order chi connectivity index (χ1) is 8.75. The molecule has 1 rings (SSSR count). The van der Waals surface area contributed by atoms with Crippen LogP contribution in [0.15, 0.2) is 18.2 Å². The number of rotatable bonds is 9. The molecule has 0 heterocycles. The molecule has 0 radical (unpaired) electrons. The second-order valence-electron chi connectivity index (χ2n) is 4.98. The molecular formula is C16H25ClO. The second-order valence-corrected chi connectivity index (χ2v) is 5.35. The standard InChI is InChI=1S/C16H25ClO/c1-2-3-4-5-6-7-8-9-11-14-12-10-13-15(18)16(14)17/h10,12-13,18H,2-9,11H2,1H3. The summed E-state index contributed by atoms with van der Waals surface area (Å²) in [6.07, 6.45) is 11.5. The lowest BCUT2D eigenvalue weighted by molar-refractivity contribution is 0.474. The third kappa shape index (κ3) is 5.77. The lowest BCUT2D eigenvalue weighted by atomic mass is 10.0. The van der Waals surface area contributed by atoms with Crippen LogP contribution in [-0.2, 0) is 6.42 Å². The van der Waals surface area contributed by atoms with E-state index < -0.39 is 0 Å². The summed E-state index contributed by atoms with van der Waals surface area (Å²) in [5, 5.41) is 10.0. The van der Waals surface area contributed by atoms with E-state index in [9.17, 15) is 5.11 Å². The van der Waals surface area contributed by atoms with Crippen molar-refractivity contribution in [2.75, 3.05) is 0 Å². The van der Waals surface area contributed by atoms with Gasteiger partial charge in [-0.25, -0.2) is 0 Å². The molecule has 1 nitrogen and oxygen atoms in total. The summed E-state index contributed by atoms with van der Waals surface area (Å²) in [7, 11) is 0. The van der Waals surface area contributed by atoms with E-state index in [1.807, 2.05) is 12.1 Å². The maximum atomic E-state index is 9.49. The van der Waals surface area contributed by atoms with E-state index in [1.165, 1.54) is 44.9 Å². The molecule has 0 aliphatic heterocycles. The molecule has 0 saturated carbocycles. The molecule has 0 bridgehead atoms. The van der Waals surface area contributed by atoms with E-state index in [1.54, 1.807) is 6.07 Å². The highest BCUT2D eigenvalue weighted by Crippen LogP contribution is 2.27. The Morgan fingerprint density at radius 1 is 0.944 bits per heavy atom. The molecule has 0 saturated heterocycles. The molecule has 1 aromatic rings. The Hall–Kier alpha value is -0.690. The molecular weight excluding hydrogens is 244 g/mol. The van der Waals surface area contributed by atoms with Gasteiger partial charge in [-0.15, -0.1) is 0 Å². The fourth-order valence-electron chi connectivity index (χ4n) is 2.21. The number of benzene rings is 1. The largest absolute Gasteiger partial charge is 0.506 e. The van der Waals surface area contributed by atoms with Crippen LogP contribution < -0.4 is 0 Å². The van der Waals surface area contributed by atoms with E-state index in [0.717, 1.165) is 18.4 Å². The molecule has 1 aromatic carbocycles. The number of phenolic OH excluding ortho intramolecular Hbond substituents is 1. The van der Waals surface area contributed by atoms with Gasteiger partial charge in [0.05, 0.1) is 5.02 Å². The van der Waals surface area contributed by atoms with Crippen molar-refractivity contribution in [3.63, 3.8) is 0 Å². The summed E-state index contributed by atoms with van der Waals surface area (Å²) in [5.74, 6) is 0.203. The minimum Gasteiger partial charge on any atom is -0.506 e. The lowest BCUT2D eigenvalue weighted by Crippen LogP contribution is -1.88. The molecule has 0 spiro atoms. The number of aromatic hydroxyl groups is 1. The van der Waals surface area contributed by atoms with Gasteiger partial charge in [-0.2, -0.15) is 0 Å². The van der Waals surface area contributed by atoms with Crippen molar-refractivity contribution in [2.45, 2.75) is 64.7 Å². The van der Waals surface area contributed by atoms with Gasteiger partial charge < -0.3 is 5.11 Å². The zero-order valence-electron chi connectivity index (χ0n) is 11.4. The van der Waals surface area contributed by atoms with Crippen molar-refractivity contribution in [2.24, 2.45) is 0 Å². The van der Waals surface area contributed by atoms with Crippen LogP contribution in [0.3, 0.4) is 0 Å². The monoisotopic (exact) mass is 268 g/mol. The van der Waals surface area contributed by atoms with Gasteiger partial charge in [0.2, 0.25) is 0 Å². The Bertz CT molecular complexity index is 336. The summed E-state index contributed by atoms with van der Waals surface area (Å²) < 4.78 is 0. The van der Waals surface area contributed by atoms with Gasteiger partial charge in [-0.1, -0.05) is 75.6 Å². The van der Waals surface area contributed by atoms with Crippen LogP contribution in [0.2, 0.25) is 5.02 Å². The summed E-state index contributed by atoms with van der Waals surface area (Å²) >= 11 is 6.04. The minimum atomic E-state index is 0.203. The SMILES string of the molecule is CCCCCCCCCCc1cccc(O)c1Cl. The molecule has 0 unspecified atom stereocenters. The Morgan fingerprint density at radius 3 is 2.22 bits per heavy atom. The van der Waals surface area contributed by atoms with E-state index in [-0.39, 0.29) is 5.75 Å². The third-order valence-electron chi connectivity index (χ3n) is 3.36. The van der Waals surface area contributed by atoms with E-state index in [4.69, 9.17) is 11.6 Å². The van der Waals surface area contributed by atoms with Crippen LogP contribution in [0.25, 0.3) is 0 Å². The van der Waals surface area contributed by atoms with Gasteiger partial charge in [0, 0.05) is 0 Å². The predicted octanol–water partition coefficient (Wildman–Crippen LogP) is 5.73. The van der Waals surface area contributed by atoms with E-state index in [2.05, 4.69) is 6.92 Å². The summed E-state index contributed by atoms with van der Waals surface area (Å²) in [5.41, 5.74) is 1.07. The fourth-order valence-corrected chi connectivity index (χ4v) is 2.43. The molecule has 102 valence electrons. The molecule has 0 aromatic heterocycles. The van der Waals surface area contributed by atoms with Crippen LogP contribution in [0.1, 0.15) is 63.9 Å². The Kier molecular flexibility index (Phi) is 7.91. The van der Waals surface area contributed by atoms with E-state index >= 15 is 0 Å². The first-order valence-electron chi connectivity index (χ1n) is 7.22. The van der Waals surface area contributed by atoms with E-state index in [0.29, 0.717) is 5.02 Å². The smallest absolute Gasteiger partial charge is 0.134 e. The van der Waals surface area contributed by atoms with Crippen LogP contribution in [0, 0.1) is 0 Å². The number of halogens is 1. The Labute approximate surface area is 116 Å². The fraction of sp³-hybridized carbons (Fsp3) is 0.625. The highest BCUT2D eigenvalue weighted by Gasteiger charge is 2.04. The minimum absolute atomic E-state index is 0.203. The van der Waals surface area contributed by atoms with Crippen molar-refractivity contribution >= 4 is 11.6 Å². The molecule has 0 aliphatic carbocycles. The molecule has 0 amide bonds. The topological polar surface area (TPSA) is 20.2 Å². The molecule has 2 heteroatoms. The third-order valence-corrected chi connectivity index (χ3v) is 3.79. The number of unbranched alkanes of at least 4 members (excludes halogenated alkanes) is 7. The Balaban J connectivity index is 2.09. The average Bonchev–Trinajstić information content (AvgIpc) is 2.37. The molecule has 0 atom stereocenters. The lowest BCUT2D eigenvalue weighted by Gasteiger charge is -2.05. The highest BCUT2D eigenvalue weighted by molar-refractivity contribution is 6.32. The van der Waals surface area contributed by atoms with Crippen LogP contribution in [0.5, 0.6) is 5.75 Å². The molecule has 0 aliphatic rings. The van der Waals surface area contributed by atoms with Crippen molar-refractivity contribution in [3.8, 4) is 5.75 Å². The quantitative estimate of drug-likeness (QED) is 0.567. The summed E-state index contributed by atoms with van der Waals surface area (Å²) in [6.45, 7) is 2.25. The first kappa shape index (κ1) is 15.4. The maximum absolute atomic E-state index is 9.49. The average molecular weight is 269 g/mol. The molecule has 1 N–H and O–H groups in total. The summed E-state index contributed by atoms with van der Waals surface area (Å²) in [4.78, 5) is 0. The normalized spacial score (nSPS) is 10.8. The van der Waals surface area contributed by atoms with Gasteiger partial charge in [-0.05, 0) is 24.5 Å². The van der Waals surface area contributed by atoms with Crippen LogP contribution in [-0.4, -0.2) is 5.11 Å². The second kappa shape index (κ2) is 9.27. The van der Waals surface area contributed by atoms with Crippen molar-refractivity contribution in [1.82, 2.24) is 0 Å². The zero-order valence-corrected chi connectivity index (χ0v) is 12.2. The van der Waals surface area contributed by atoms with Gasteiger partial charge in [0.1, 0.15) is 5.75 Å². The molecule has 0 fully saturated rings. The predicted molar refractivity (Wildman–Crippen MR) is 79.4 cm³/mol. The van der Waals surface area contributed by atoms with Gasteiger partial charge >= 0.3 is 0 Å². The highest BCUT2D eigenvalue weighted by atomic mass is 35.5. The number of hydrogen-bond donors (Lipinski definition) is 1. The van der Waals surface area contributed by atoms with Gasteiger partial charge in [0.15, 0.2) is 0 Å². The van der Waals surface area contributed by atoms with Crippen molar-refractivity contribution < 1.29 is 5.11 Å². The van der Waals surface area contributed by atoms with Gasteiger partial charge in [0.25, 0.3) is 0 Å². The molecule has 18 heavy (non-hydrogen) atoms. The number of aryl methyl sites for hydroxylation is 1. The van der Waals surface area contributed by atoms with Crippen LogP contribution >= 0.6 is 11.6 Å². The Morgan fingerprint density at radius 2 is 1.56 bits per heavy atom. The number of phenols is 1. The van der Waals surface area contributed by atoms with Gasteiger partial charge in [-0.3, -0.25) is 0 Å². The first-order valence-corrected chi connectivity index (χ1v) is 7.60. The summed E-state index contributed by atoms with van der Waals surface area (Å²) in [6, 6.07) is 5.50.